The molecular formula is C23H20N2O5. The number of hydrogen-bond donors (Lipinski definition) is 0. The van der Waals surface area contributed by atoms with Gasteiger partial charge in [0, 0.05) is 6.20 Å². The number of carbonyl (C=O) groups is 3. The Morgan fingerprint density at radius 3 is 2.33 bits per heavy atom. The van der Waals surface area contributed by atoms with Gasteiger partial charge in [0.1, 0.15) is 11.8 Å². The van der Waals surface area contributed by atoms with Gasteiger partial charge in [0.15, 0.2) is 0 Å². The Morgan fingerprint density at radius 2 is 1.63 bits per heavy atom. The molecule has 3 heterocycles. The Hall–Kier alpha value is -3.61. The van der Waals surface area contributed by atoms with Crippen molar-refractivity contribution in [3.63, 3.8) is 0 Å². The lowest BCUT2D eigenvalue weighted by atomic mass is 9.84. The molecule has 2 fully saturated rings. The Morgan fingerprint density at radius 1 is 0.933 bits per heavy atom. The largest absolute Gasteiger partial charge is 0.497 e. The molecule has 0 unspecified atom stereocenters. The summed E-state index contributed by atoms with van der Waals surface area (Å²) in [5.41, 5.74) is 2.38. The molecule has 30 heavy (non-hydrogen) atoms. The molecule has 7 nitrogen and oxygen atoms in total. The van der Waals surface area contributed by atoms with E-state index in [1.165, 1.54) is 12.0 Å². The first kappa shape index (κ1) is 18.4. The van der Waals surface area contributed by atoms with Crippen LogP contribution in [0.4, 0.5) is 5.69 Å². The molecule has 0 N–H and O–H groups in total. The third-order valence-corrected chi connectivity index (χ3v) is 6.23. The minimum Gasteiger partial charge on any atom is -0.497 e. The molecule has 2 aromatic rings. The summed E-state index contributed by atoms with van der Waals surface area (Å²) >= 11 is 0. The van der Waals surface area contributed by atoms with Gasteiger partial charge in [0.05, 0.1) is 37.8 Å². The zero-order chi connectivity index (χ0) is 21.0. The number of carbonyl (C=O) groups excluding carboxylic acids is 3. The van der Waals surface area contributed by atoms with Gasteiger partial charge in [-0.1, -0.05) is 24.3 Å². The highest BCUT2D eigenvalue weighted by Gasteiger charge is 2.65. The number of nitrogens with zero attached hydrogens (tertiary/aromatic N) is 2. The van der Waals surface area contributed by atoms with Gasteiger partial charge in [-0.3, -0.25) is 9.59 Å². The minimum absolute atomic E-state index is 0.304. The third-order valence-electron chi connectivity index (χ3n) is 6.23. The van der Waals surface area contributed by atoms with Crippen LogP contribution in [0.5, 0.6) is 5.75 Å². The second-order valence-corrected chi connectivity index (χ2v) is 7.57. The highest BCUT2D eigenvalue weighted by atomic mass is 16.5. The summed E-state index contributed by atoms with van der Waals surface area (Å²) in [6, 6.07) is 13.2. The summed E-state index contributed by atoms with van der Waals surface area (Å²) < 4.78 is 10.2. The second-order valence-electron chi connectivity index (χ2n) is 7.57. The number of hydrogen-bond acceptors (Lipinski definition) is 6. The number of methoxy groups -OCH3 is 2. The lowest BCUT2D eigenvalue weighted by molar-refractivity contribution is -0.148. The fourth-order valence-corrected chi connectivity index (χ4v) is 4.93. The molecule has 0 spiro atoms. The summed E-state index contributed by atoms with van der Waals surface area (Å²) in [5.74, 6) is -2.06. The first-order valence-corrected chi connectivity index (χ1v) is 9.71. The quantitative estimate of drug-likeness (QED) is 0.578. The zero-order valence-electron chi connectivity index (χ0n) is 16.5. The number of imide groups is 1. The van der Waals surface area contributed by atoms with Crippen molar-refractivity contribution in [2.45, 2.75) is 12.1 Å². The maximum absolute atomic E-state index is 13.5. The summed E-state index contributed by atoms with van der Waals surface area (Å²) in [5, 5.41) is 0. The topological polar surface area (TPSA) is 76.1 Å². The summed E-state index contributed by atoms with van der Waals surface area (Å²) in [6.07, 6.45) is 3.70. The van der Waals surface area contributed by atoms with E-state index >= 15 is 0 Å². The fourth-order valence-electron chi connectivity index (χ4n) is 4.93. The smallest absolute Gasteiger partial charge is 0.329 e. The van der Waals surface area contributed by atoms with Gasteiger partial charge >= 0.3 is 5.97 Å². The van der Waals surface area contributed by atoms with Crippen molar-refractivity contribution in [3.05, 3.63) is 65.9 Å². The minimum atomic E-state index is -0.852. The van der Waals surface area contributed by atoms with Crippen LogP contribution in [0.3, 0.4) is 0 Å². The molecule has 152 valence electrons. The van der Waals surface area contributed by atoms with Crippen LogP contribution < -0.4 is 9.64 Å². The van der Waals surface area contributed by atoms with Gasteiger partial charge in [0.2, 0.25) is 11.8 Å². The highest BCUT2D eigenvalue weighted by Crippen LogP contribution is 2.53. The average molecular weight is 404 g/mol. The molecule has 2 aromatic carbocycles. The lowest BCUT2D eigenvalue weighted by Crippen LogP contribution is -2.44. The summed E-state index contributed by atoms with van der Waals surface area (Å²) in [4.78, 5) is 42.7. The normalized spacial score (nSPS) is 26.3. The van der Waals surface area contributed by atoms with Crippen molar-refractivity contribution in [1.82, 2.24) is 4.90 Å². The van der Waals surface area contributed by atoms with E-state index in [4.69, 9.17) is 9.47 Å². The van der Waals surface area contributed by atoms with Gasteiger partial charge < -0.3 is 14.4 Å². The van der Waals surface area contributed by atoms with Crippen LogP contribution in [0.25, 0.3) is 6.08 Å². The molecule has 0 saturated carbocycles. The van der Waals surface area contributed by atoms with Crippen LogP contribution in [0, 0.1) is 11.8 Å². The zero-order valence-corrected chi connectivity index (χ0v) is 16.5. The number of anilines is 1. The maximum atomic E-state index is 13.5. The lowest BCUT2D eigenvalue weighted by Gasteiger charge is -2.34. The number of amides is 2. The van der Waals surface area contributed by atoms with Crippen molar-refractivity contribution in [2.75, 3.05) is 19.1 Å². The standard InChI is InChI=1S/C23H20N2O5/c1-29-15-9-7-14(8-10-15)25-21(26)17-18(22(25)27)20(23(28)30-2)24-12-11-13-5-3-4-6-16(13)19(17)24/h3-12,17-20H,1-2H3/t17-,18-,19-,20+/m1/s1. The molecule has 3 aliphatic rings. The highest BCUT2D eigenvalue weighted by molar-refractivity contribution is 6.23. The molecule has 0 aliphatic carbocycles. The second kappa shape index (κ2) is 6.73. The van der Waals surface area contributed by atoms with Gasteiger partial charge in [-0.15, -0.1) is 0 Å². The molecule has 2 saturated heterocycles. The molecule has 3 aliphatic heterocycles. The number of esters is 1. The third kappa shape index (κ3) is 2.41. The molecule has 0 bridgehead atoms. The first-order chi connectivity index (χ1) is 14.6. The molecule has 2 amide bonds. The van der Waals surface area contributed by atoms with Crippen molar-refractivity contribution in [1.29, 1.82) is 0 Å². The van der Waals surface area contributed by atoms with Crippen molar-refractivity contribution in [3.8, 4) is 5.75 Å². The fraction of sp³-hybridized carbons (Fsp3) is 0.261. The molecule has 7 heteroatoms. The Bertz CT molecular complexity index is 1080. The Labute approximate surface area is 173 Å². The van der Waals surface area contributed by atoms with E-state index in [0.717, 1.165) is 11.1 Å². The molecule has 4 atom stereocenters. The molecule has 0 aromatic heterocycles. The van der Waals surface area contributed by atoms with Crippen LogP contribution in [0.2, 0.25) is 0 Å². The van der Waals surface area contributed by atoms with Crippen molar-refractivity contribution < 1.29 is 23.9 Å². The van der Waals surface area contributed by atoms with Gasteiger partial charge in [-0.25, -0.2) is 9.69 Å². The number of fused-ring (bicyclic) bond motifs is 5. The molecule has 0 radical (unpaired) electrons. The van der Waals surface area contributed by atoms with E-state index in [2.05, 4.69) is 0 Å². The molecular weight excluding hydrogens is 384 g/mol. The summed E-state index contributed by atoms with van der Waals surface area (Å²) in [7, 11) is 2.85. The Kier molecular flexibility index (Phi) is 4.13. The molecule has 5 rings (SSSR count). The number of rotatable bonds is 3. The van der Waals surface area contributed by atoms with Crippen LogP contribution in [0.15, 0.2) is 54.7 Å². The van der Waals surface area contributed by atoms with E-state index < -0.39 is 29.9 Å². The van der Waals surface area contributed by atoms with Crippen LogP contribution in [-0.4, -0.2) is 42.9 Å². The van der Waals surface area contributed by atoms with E-state index in [1.807, 2.05) is 35.2 Å². The summed E-state index contributed by atoms with van der Waals surface area (Å²) in [6.45, 7) is 0. The SMILES string of the molecule is COC(=O)[C@@H]1[C@@H]2C(=O)N(c3ccc(OC)cc3)C(=O)[C@H]2[C@H]2c3ccccc3C=CN12. The predicted molar refractivity (Wildman–Crippen MR) is 108 cm³/mol. The van der Waals surface area contributed by atoms with E-state index in [-0.39, 0.29) is 11.8 Å². The van der Waals surface area contributed by atoms with Crippen LogP contribution in [0.1, 0.15) is 17.2 Å². The Balaban J connectivity index is 1.62. The number of benzene rings is 2. The van der Waals surface area contributed by atoms with E-state index in [0.29, 0.717) is 11.4 Å². The van der Waals surface area contributed by atoms with Crippen molar-refractivity contribution >= 4 is 29.5 Å². The first-order valence-electron chi connectivity index (χ1n) is 9.71. The van der Waals surface area contributed by atoms with Gasteiger partial charge in [0.25, 0.3) is 0 Å². The van der Waals surface area contributed by atoms with Crippen LogP contribution in [-0.2, 0) is 19.1 Å². The van der Waals surface area contributed by atoms with Gasteiger partial charge in [-0.05, 0) is 41.5 Å². The average Bonchev–Trinajstić information content (AvgIpc) is 3.26. The monoisotopic (exact) mass is 404 g/mol. The van der Waals surface area contributed by atoms with Gasteiger partial charge in [-0.2, -0.15) is 0 Å². The van der Waals surface area contributed by atoms with E-state index in [1.54, 1.807) is 37.6 Å². The number of ether oxygens (including phenoxy) is 2. The maximum Gasteiger partial charge on any atom is 0.329 e. The van der Waals surface area contributed by atoms with E-state index in [9.17, 15) is 14.4 Å². The predicted octanol–water partition coefficient (Wildman–Crippen LogP) is 2.38. The van der Waals surface area contributed by atoms with Crippen molar-refractivity contribution in [2.24, 2.45) is 11.8 Å². The van der Waals surface area contributed by atoms with Crippen LogP contribution >= 0.6 is 0 Å².